The van der Waals surface area contributed by atoms with E-state index in [0.29, 0.717) is 23.1 Å². The first kappa shape index (κ1) is 19.2. The number of hydrogen-bond acceptors (Lipinski definition) is 3. The first-order chi connectivity index (χ1) is 12.1. The van der Waals surface area contributed by atoms with Crippen molar-refractivity contribution in [1.29, 1.82) is 0 Å². The number of carbonyl (C=O) groups is 2. The molecule has 5 nitrogen and oxygen atoms in total. The smallest absolute Gasteiger partial charge is 0.253 e. The molecule has 1 saturated heterocycles. The molecule has 3 aliphatic rings. The van der Waals surface area contributed by atoms with Gasteiger partial charge in [-0.3, -0.25) is 9.59 Å². The molecule has 142 valence electrons. The minimum atomic E-state index is -0.0831. The summed E-state index contributed by atoms with van der Waals surface area (Å²) in [5, 5.41) is 3.01. The van der Waals surface area contributed by atoms with E-state index in [1.165, 1.54) is 6.42 Å². The monoisotopic (exact) mass is 377 g/mol. The van der Waals surface area contributed by atoms with Crippen LogP contribution in [-0.2, 0) is 4.79 Å². The number of anilines is 1. The lowest BCUT2D eigenvalue weighted by atomic mass is 9.84. The number of hydrogen-bond donors (Lipinski definition) is 2. The van der Waals surface area contributed by atoms with Crippen molar-refractivity contribution in [3.05, 3.63) is 29.8 Å². The summed E-state index contributed by atoms with van der Waals surface area (Å²) in [5.74, 6) is 0.931. The fourth-order valence-corrected chi connectivity index (χ4v) is 4.96. The Morgan fingerprint density at radius 2 is 1.81 bits per heavy atom. The minimum absolute atomic E-state index is 0. The van der Waals surface area contributed by atoms with E-state index < -0.39 is 0 Å². The normalized spacial score (nSPS) is 30.0. The molecule has 3 fully saturated rings. The van der Waals surface area contributed by atoms with Gasteiger partial charge in [-0.05, 0) is 68.6 Å². The average molecular weight is 378 g/mol. The van der Waals surface area contributed by atoms with Gasteiger partial charge >= 0.3 is 0 Å². The van der Waals surface area contributed by atoms with Crippen LogP contribution in [0.5, 0.6) is 0 Å². The van der Waals surface area contributed by atoms with Crippen LogP contribution in [0.1, 0.15) is 48.9 Å². The Bertz CT molecular complexity index is 673. The number of nitrogens with one attached hydrogen (secondary N) is 1. The lowest BCUT2D eigenvalue weighted by molar-refractivity contribution is -0.121. The molecule has 1 aromatic rings. The van der Waals surface area contributed by atoms with E-state index in [9.17, 15) is 9.59 Å². The van der Waals surface area contributed by atoms with Crippen LogP contribution in [0, 0.1) is 17.8 Å². The fraction of sp³-hybridized carbons (Fsp3) is 0.600. The molecule has 4 atom stereocenters. The molecule has 0 spiro atoms. The van der Waals surface area contributed by atoms with E-state index >= 15 is 0 Å². The summed E-state index contributed by atoms with van der Waals surface area (Å²) in [4.78, 5) is 27.3. The Labute approximate surface area is 161 Å². The zero-order chi connectivity index (χ0) is 17.4. The van der Waals surface area contributed by atoms with E-state index in [0.717, 1.165) is 45.2 Å². The second-order valence-electron chi connectivity index (χ2n) is 7.86. The van der Waals surface area contributed by atoms with Gasteiger partial charge in [0, 0.05) is 30.4 Å². The molecule has 1 aliphatic heterocycles. The molecule has 26 heavy (non-hydrogen) atoms. The van der Waals surface area contributed by atoms with Gasteiger partial charge in [0.2, 0.25) is 5.91 Å². The molecule has 1 heterocycles. The topological polar surface area (TPSA) is 75.4 Å². The lowest BCUT2D eigenvalue weighted by Crippen LogP contribution is -2.42. The number of nitrogens with two attached hydrogens (primary N) is 1. The second-order valence-corrected chi connectivity index (χ2v) is 7.86. The van der Waals surface area contributed by atoms with Gasteiger partial charge in [-0.2, -0.15) is 0 Å². The zero-order valence-corrected chi connectivity index (χ0v) is 15.8. The molecule has 1 aromatic carbocycles. The summed E-state index contributed by atoms with van der Waals surface area (Å²) in [6.07, 6.45) is 6.71. The van der Waals surface area contributed by atoms with Crippen molar-refractivity contribution in [2.75, 3.05) is 18.4 Å². The third-order valence-corrected chi connectivity index (χ3v) is 6.30. The maximum Gasteiger partial charge on any atom is 0.253 e. The summed E-state index contributed by atoms with van der Waals surface area (Å²) >= 11 is 0. The molecule has 2 bridgehead atoms. The molecular formula is C20H28ClN3O2. The summed E-state index contributed by atoms with van der Waals surface area (Å²) < 4.78 is 0. The van der Waals surface area contributed by atoms with E-state index in [1.807, 2.05) is 23.1 Å². The first-order valence-corrected chi connectivity index (χ1v) is 9.59. The van der Waals surface area contributed by atoms with Crippen LogP contribution in [-0.4, -0.2) is 35.8 Å². The molecule has 2 amide bonds. The van der Waals surface area contributed by atoms with Gasteiger partial charge in [0.25, 0.3) is 5.91 Å². The SMILES string of the molecule is Cl.NC1C2CCC(C2)C1C(=O)Nc1cccc(C(=O)N2CCCCC2)c1. The van der Waals surface area contributed by atoms with E-state index in [1.54, 1.807) is 6.07 Å². The van der Waals surface area contributed by atoms with Gasteiger partial charge in [0.05, 0.1) is 5.92 Å². The predicted octanol–water partition coefficient (Wildman–Crippen LogP) is 3.05. The van der Waals surface area contributed by atoms with Crippen LogP contribution in [0.15, 0.2) is 24.3 Å². The quantitative estimate of drug-likeness (QED) is 0.850. The first-order valence-electron chi connectivity index (χ1n) is 9.59. The summed E-state index contributed by atoms with van der Waals surface area (Å²) in [5.41, 5.74) is 7.62. The molecule has 3 N–H and O–H groups in total. The zero-order valence-electron chi connectivity index (χ0n) is 15.0. The number of piperidine rings is 1. The van der Waals surface area contributed by atoms with Crippen LogP contribution >= 0.6 is 12.4 Å². The highest BCUT2D eigenvalue weighted by Gasteiger charge is 2.49. The van der Waals surface area contributed by atoms with Gasteiger partial charge in [0.1, 0.15) is 0 Å². The number of fused-ring (bicyclic) bond motifs is 2. The van der Waals surface area contributed by atoms with E-state index in [-0.39, 0.29) is 36.2 Å². The third-order valence-electron chi connectivity index (χ3n) is 6.30. The van der Waals surface area contributed by atoms with Crippen molar-refractivity contribution >= 4 is 29.9 Å². The number of likely N-dealkylation sites (tertiary alicyclic amines) is 1. The second kappa shape index (κ2) is 7.97. The maximum atomic E-state index is 12.7. The van der Waals surface area contributed by atoms with Crippen LogP contribution in [0.4, 0.5) is 5.69 Å². The van der Waals surface area contributed by atoms with E-state index in [2.05, 4.69) is 5.32 Å². The van der Waals surface area contributed by atoms with Crippen LogP contribution in [0.2, 0.25) is 0 Å². The van der Waals surface area contributed by atoms with Gasteiger partial charge < -0.3 is 16.0 Å². The molecule has 6 heteroatoms. The fourth-order valence-electron chi connectivity index (χ4n) is 4.96. The highest BCUT2D eigenvalue weighted by atomic mass is 35.5. The number of carbonyl (C=O) groups excluding carboxylic acids is 2. The Kier molecular flexibility index (Phi) is 5.88. The Morgan fingerprint density at radius 3 is 2.50 bits per heavy atom. The lowest BCUT2D eigenvalue weighted by Gasteiger charge is -2.28. The van der Waals surface area contributed by atoms with Crippen LogP contribution < -0.4 is 11.1 Å². The van der Waals surface area contributed by atoms with Gasteiger partial charge in [0.15, 0.2) is 0 Å². The van der Waals surface area contributed by atoms with Crippen molar-refractivity contribution in [2.45, 2.75) is 44.6 Å². The largest absolute Gasteiger partial charge is 0.339 e. The number of amides is 2. The average Bonchev–Trinajstić information content (AvgIpc) is 3.23. The highest BCUT2D eigenvalue weighted by molar-refractivity contribution is 5.98. The minimum Gasteiger partial charge on any atom is -0.339 e. The molecule has 4 rings (SSSR count). The van der Waals surface area contributed by atoms with Gasteiger partial charge in [-0.15, -0.1) is 12.4 Å². The van der Waals surface area contributed by atoms with Crippen LogP contribution in [0.25, 0.3) is 0 Å². The summed E-state index contributed by atoms with van der Waals surface area (Å²) in [6.45, 7) is 1.66. The maximum absolute atomic E-state index is 12.7. The van der Waals surface area contributed by atoms with Gasteiger partial charge in [-0.1, -0.05) is 6.07 Å². The molecule has 0 radical (unpaired) electrons. The molecule has 2 saturated carbocycles. The summed E-state index contributed by atoms with van der Waals surface area (Å²) in [7, 11) is 0. The number of nitrogens with zero attached hydrogens (tertiary/aromatic N) is 1. The predicted molar refractivity (Wildman–Crippen MR) is 104 cm³/mol. The van der Waals surface area contributed by atoms with Crippen LogP contribution in [0.3, 0.4) is 0 Å². The highest BCUT2D eigenvalue weighted by Crippen LogP contribution is 2.47. The molecular weight excluding hydrogens is 350 g/mol. The molecule has 2 aliphatic carbocycles. The Morgan fingerprint density at radius 1 is 1.08 bits per heavy atom. The van der Waals surface area contributed by atoms with Crippen molar-refractivity contribution in [3.63, 3.8) is 0 Å². The van der Waals surface area contributed by atoms with Crippen molar-refractivity contribution in [3.8, 4) is 0 Å². The molecule has 0 aromatic heterocycles. The third kappa shape index (κ3) is 3.60. The van der Waals surface area contributed by atoms with E-state index in [4.69, 9.17) is 5.73 Å². The van der Waals surface area contributed by atoms with Crippen molar-refractivity contribution in [2.24, 2.45) is 23.5 Å². The number of benzene rings is 1. The van der Waals surface area contributed by atoms with Crippen molar-refractivity contribution < 1.29 is 9.59 Å². The standard InChI is InChI=1S/C20H27N3O2.ClH/c21-18-14-8-7-13(11-14)17(18)19(24)22-16-6-4-5-15(12-16)20(25)23-9-2-1-3-10-23;/h4-6,12-14,17-18H,1-3,7-11,21H2,(H,22,24);1H. The Balaban J connectivity index is 0.00000196. The molecule has 4 unspecified atom stereocenters. The van der Waals surface area contributed by atoms with Crippen molar-refractivity contribution in [1.82, 2.24) is 4.90 Å². The number of halogens is 1. The van der Waals surface area contributed by atoms with Gasteiger partial charge in [-0.25, -0.2) is 0 Å². The number of rotatable bonds is 3. The summed E-state index contributed by atoms with van der Waals surface area (Å²) in [6, 6.07) is 7.30. The Hall–Kier alpha value is -1.59.